The Morgan fingerprint density at radius 2 is 1.93 bits per heavy atom. The maximum Gasteiger partial charge on any atom is 0.252 e. The second-order valence-corrected chi connectivity index (χ2v) is 8.76. The molecule has 4 heterocycles. The van der Waals surface area contributed by atoms with Gasteiger partial charge in [0.05, 0.1) is 35.5 Å². The molecular formula is C21H28N8O. The number of carbonyl (C=O) groups excluding carboxylic acids is 1. The van der Waals surface area contributed by atoms with E-state index in [0.717, 1.165) is 37.2 Å². The average Bonchev–Trinajstić information content (AvgIpc) is 3.37. The average molecular weight is 409 g/mol. The Labute approximate surface area is 175 Å². The summed E-state index contributed by atoms with van der Waals surface area (Å²) >= 11 is 0. The number of aryl methyl sites for hydroxylation is 1. The molecule has 2 aliphatic rings. The van der Waals surface area contributed by atoms with E-state index in [0.29, 0.717) is 28.4 Å². The number of piperidine rings is 1. The first-order chi connectivity index (χ1) is 14.5. The standard InChI is InChI=1S/C21H28N8O/c1-28-12-14(10-24-28)17-13-29-20(27-17)18(16(11-25-29)19(22)30)26-15-2-4-21(5-3-15)6-8-23-9-7-21/h10-13,15,23,26H,2-9H2,1H3,(H2,22,30). The molecule has 5 rings (SSSR count). The fourth-order valence-electron chi connectivity index (χ4n) is 4.99. The molecule has 0 atom stereocenters. The van der Waals surface area contributed by atoms with Crippen LogP contribution in [0, 0.1) is 5.41 Å². The molecule has 30 heavy (non-hydrogen) atoms. The summed E-state index contributed by atoms with van der Waals surface area (Å²) in [4.78, 5) is 16.9. The lowest BCUT2D eigenvalue weighted by atomic mass is 9.67. The van der Waals surface area contributed by atoms with E-state index in [1.807, 2.05) is 19.4 Å². The molecule has 158 valence electrons. The highest BCUT2D eigenvalue weighted by Gasteiger charge is 2.36. The minimum atomic E-state index is -0.496. The van der Waals surface area contributed by atoms with Gasteiger partial charge in [0.2, 0.25) is 0 Å². The lowest BCUT2D eigenvalue weighted by Crippen LogP contribution is -2.41. The summed E-state index contributed by atoms with van der Waals surface area (Å²) in [5.41, 5.74) is 9.50. The van der Waals surface area contributed by atoms with Crippen molar-refractivity contribution in [2.45, 2.75) is 44.6 Å². The Morgan fingerprint density at radius 1 is 1.17 bits per heavy atom. The molecule has 0 unspecified atom stereocenters. The van der Waals surface area contributed by atoms with Gasteiger partial charge < -0.3 is 16.4 Å². The number of hydrogen-bond donors (Lipinski definition) is 3. The lowest BCUT2D eigenvalue weighted by Gasteiger charge is -2.43. The van der Waals surface area contributed by atoms with Crippen LogP contribution < -0.4 is 16.4 Å². The highest BCUT2D eigenvalue weighted by Crippen LogP contribution is 2.44. The molecule has 1 saturated heterocycles. The molecule has 3 aromatic rings. The minimum absolute atomic E-state index is 0.299. The van der Waals surface area contributed by atoms with E-state index in [1.165, 1.54) is 31.9 Å². The van der Waals surface area contributed by atoms with Crippen molar-refractivity contribution in [1.29, 1.82) is 0 Å². The topological polar surface area (TPSA) is 115 Å². The van der Waals surface area contributed by atoms with Crippen molar-refractivity contribution in [2.24, 2.45) is 18.2 Å². The molecule has 2 fully saturated rings. The minimum Gasteiger partial charge on any atom is -0.379 e. The van der Waals surface area contributed by atoms with Gasteiger partial charge in [-0.3, -0.25) is 9.48 Å². The van der Waals surface area contributed by atoms with Crippen LogP contribution in [0.25, 0.3) is 16.9 Å². The summed E-state index contributed by atoms with van der Waals surface area (Å²) in [6, 6.07) is 0.299. The van der Waals surface area contributed by atoms with Crippen molar-refractivity contribution >= 4 is 17.2 Å². The first-order valence-electron chi connectivity index (χ1n) is 10.7. The predicted molar refractivity (Wildman–Crippen MR) is 114 cm³/mol. The van der Waals surface area contributed by atoms with Crippen LogP contribution in [-0.4, -0.2) is 49.4 Å². The first kappa shape index (κ1) is 19.0. The summed E-state index contributed by atoms with van der Waals surface area (Å²) in [6.45, 7) is 2.25. The van der Waals surface area contributed by atoms with Gasteiger partial charge in [-0.05, 0) is 57.0 Å². The summed E-state index contributed by atoms with van der Waals surface area (Å²) in [6.07, 6.45) is 14.2. The number of anilines is 1. The van der Waals surface area contributed by atoms with Gasteiger partial charge in [-0.1, -0.05) is 0 Å². The Morgan fingerprint density at radius 3 is 2.60 bits per heavy atom. The number of primary amides is 1. The maximum atomic E-state index is 12.1. The second-order valence-electron chi connectivity index (χ2n) is 8.76. The molecule has 1 amide bonds. The van der Waals surface area contributed by atoms with Gasteiger partial charge in [0.15, 0.2) is 5.65 Å². The van der Waals surface area contributed by atoms with E-state index in [-0.39, 0.29) is 0 Å². The Kier molecular flexibility index (Phi) is 4.69. The summed E-state index contributed by atoms with van der Waals surface area (Å²) in [5.74, 6) is -0.496. The first-order valence-corrected chi connectivity index (χ1v) is 10.7. The fraction of sp³-hybridized carbons (Fsp3) is 0.524. The van der Waals surface area contributed by atoms with Crippen molar-refractivity contribution in [1.82, 2.24) is 29.7 Å². The van der Waals surface area contributed by atoms with Gasteiger partial charge in [-0.25, -0.2) is 9.50 Å². The van der Waals surface area contributed by atoms with Crippen LogP contribution in [0.1, 0.15) is 48.9 Å². The smallest absolute Gasteiger partial charge is 0.252 e. The van der Waals surface area contributed by atoms with Gasteiger partial charge in [0.1, 0.15) is 0 Å². The van der Waals surface area contributed by atoms with Crippen LogP contribution in [0.2, 0.25) is 0 Å². The zero-order valence-corrected chi connectivity index (χ0v) is 17.3. The van der Waals surface area contributed by atoms with Gasteiger partial charge in [-0.15, -0.1) is 0 Å². The highest BCUT2D eigenvalue weighted by atomic mass is 16.1. The van der Waals surface area contributed by atoms with E-state index in [1.54, 1.807) is 15.4 Å². The lowest BCUT2D eigenvalue weighted by molar-refractivity contribution is 0.1000. The number of rotatable bonds is 4. The largest absolute Gasteiger partial charge is 0.379 e. The van der Waals surface area contributed by atoms with Crippen LogP contribution in [0.5, 0.6) is 0 Å². The fourth-order valence-corrected chi connectivity index (χ4v) is 4.99. The normalized spacial score (nSPS) is 19.4. The van der Waals surface area contributed by atoms with Crippen LogP contribution in [0.3, 0.4) is 0 Å². The zero-order chi connectivity index (χ0) is 20.7. The number of amides is 1. The van der Waals surface area contributed by atoms with Crippen molar-refractivity contribution < 1.29 is 4.79 Å². The Balaban J connectivity index is 1.44. The molecule has 9 nitrogen and oxygen atoms in total. The third-order valence-corrected chi connectivity index (χ3v) is 6.82. The predicted octanol–water partition coefficient (Wildman–Crippen LogP) is 1.95. The molecular weight excluding hydrogens is 380 g/mol. The van der Waals surface area contributed by atoms with E-state index in [2.05, 4.69) is 20.8 Å². The third-order valence-electron chi connectivity index (χ3n) is 6.82. The number of nitrogens with zero attached hydrogens (tertiary/aromatic N) is 5. The molecule has 4 N–H and O–H groups in total. The maximum absolute atomic E-state index is 12.1. The molecule has 0 bridgehead atoms. The highest BCUT2D eigenvalue weighted by molar-refractivity contribution is 6.01. The molecule has 1 aliphatic carbocycles. The summed E-state index contributed by atoms with van der Waals surface area (Å²) in [5, 5.41) is 15.7. The molecule has 0 radical (unpaired) electrons. The van der Waals surface area contributed by atoms with E-state index >= 15 is 0 Å². The van der Waals surface area contributed by atoms with Crippen LogP contribution in [0.15, 0.2) is 24.8 Å². The van der Waals surface area contributed by atoms with Crippen LogP contribution in [-0.2, 0) is 7.05 Å². The van der Waals surface area contributed by atoms with Gasteiger partial charge in [0, 0.05) is 24.8 Å². The van der Waals surface area contributed by atoms with Gasteiger partial charge in [-0.2, -0.15) is 10.2 Å². The number of hydrogen-bond acceptors (Lipinski definition) is 6. The van der Waals surface area contributed by atoms with Gasteiger partial charge in [0.25, 0.3) is 5.91 Å². The van der Waals surface area contributed by atoms with Crippen LogP contribution in [0.4, 0.5) is 5.69 Å². The van der Waals surface area contributed by atoms with E-state index in [4.69, 9.17) is 10.7 Å². The van der Waals surface area contributed by atoms with Crippen LogP contribution >= 0.6 is 0 Å². The molecule has 1 aliphatic heterocycles. The number of aromatic nitrogens is 5. The molecule has 9 heteroatoms. The number of imidazole rings is 1. The number of nitrogens with one attached hydrogen (secondary N) is 2. The monoisotopic (exact) mass is 408 g/mol. The zero-order valence-electron chi connectivity index (χ0n) is 17.3. The summed E-state index contributed by atoms with van der Waals surface area (Å²) < 4.78 is 3.44. The van der Waals surface area contributed by atoms with Gasteiger partial charge >= 0.3 is 0 Å². The SMILES string of the molecule is Cn1cc(-c2cn3ncc(C(N)=O)c(NC4CCC5(CCNCC5)CC4)c3n2)cn1. The number of nitrogens with two attached hydrogens (primary N) is 1. The molecule has 0 aromatic carbocycles. The van der Waals surface area contributed by atoms with Crippen molar-refractivity contribution in [2.75, 3.05) is 18.4 Å². The molecule has 3 aromatic heterocycles. The quantitative estimate of drug-likeness (QED) is 0.608. The molecule has 1 spiro atoms. The van der Waals surface area contributed by atoms with E-state index in [9.17, 15) is 4.79 Å². The number of fused-ring (bicyclic) bond motifs is 1. The van der Waals surface area contributed by atoms with Crippen molar-refractivity contribution in [3.8, 4) is 11.3 Å². The Hall–Kier alpha value is -2.94. The van der Waals surface area contributed by atoms with E-state index < -0.39 is 5.91 Å². The third kappa shape index (κ3) is 3.43. The second kappa shape index (κ2) is 7.39. The molecule has 1 saturated carbocycles. The van der Waals surface area contributed by atoms with Crippen molar-refractivity contribution in [3.63, 3.8) is 0 Å². The summed E-state index contributed by atoms with van der Waals surface area (Å²) in [7, 11) is 1.87. The van der Waals surface area contributed by atoms with Crippen molar-refractivity contribution in [3.05, 3.63) is 30.4 Å². The Bertz CT molecular complexity index is 1070. The number of carbonyl (C=O) groups is 1.